The van der Waals surface area contributed by atoms with Gasteiger partial charge in [-0.3, -0.25) is 18.7 Å². The molecule has 1 atom stereocenters. The largest absolute Gasteiger partial charge is 0.490 e. The highest BCUT2D eigenvalue weighted by molar-refractivity contribution is 9.10. The van der Waals surface area contributed by atoms with Gasteiger partial charge in [-0.2, -0.15) is 0 Å². The number of halogens is 2. The maximum absolute atomic E-state index is 14.2. The van der Waals surface area contributed by atoms with Crippen molar-refractivity contribution in [1.82, 2.24) is 28.9 Å². The summed E-state index contributed by atoms with van der Waals surface area (Å²) in [5, 5.41) is 3.47. The number of nitrogens with one attached hydrogen (secondary N) is 1. The van der Waals surface area contributed by atoms with E-state index >= 15 is 0 Å². The number of fused-ring (bicyclic) bond motifs is 1. The molecule has 1 aliphatic heterocycles. The number of amides is 2. The number of hydrogen-bond donors (Lipinski definition) is 1. The maximum Gasteiger partial charge on any atom is 0.333 e. The zero-order valence-electron chi connectivity index (χ0n) is 25.8. The number of carbonyl (C=O) groups excluding carboxylic acids is 2. The first-order chi connectivity index (χ1) is 22.7. The van der Waals surface area contributed by atoms with E-state index < -0.39 is 5.91 Å². The third-order valence-corrected chi connectivity index (χ3v) is 9.78. The lowest BCUT2D eigenvalue weighted by molar-refractivity contribution is 0.0610. The predicted octanol–water partition coefficient (Wildman–Crippen LogP) is 5.97. The summed E-state index contributed by atoms with van der Waals surface area (Å²) in [6, 6.07) is 19.7. The molecule has 0 spiro atoms. The minimum atomic E-state index is -0.432. The molecule has 240 valence electrons. The van der Waals surface area contributed by atoms with Gasteiger partial charge < -0.3 is 19.5 Å². The Hall–Kier alpha value is -4.61. The summed E-state index contributed by atoms with van der Waals surface area (Å²) in [6.07, 6.45) is 5.94. The minimum Gasteiger partial charge on any atom is -0.490 e. The number of carbonyl (C=O) groups is 2. The van der Waals surface area contributed by atoms with Crippen molar-refractivity contribution in [3.63, 3.8) is 0 Å². The molecule has 3 aromatic carbocycles. The molecule has 2 amide bonds. The highest BCUT2D eigenvalue weighted by Gasteiger charge is 2.35. The fourth-order valence-electron chi connectivity index (χ4n) is 5.94. The quantitative estimate of drug-likeness (QED) is 0.213. The van der Waals surface area contributed by atoms with Crippen LogP contribution in [0.1, 0.15) is 51.9 Å². The summed E-state index contributed by atoms with van der Waals surface area (Å²) in [7, 11) is 1.90. The van der Waals surface area contributed by atoms with Gasteiger partial charge in [0.2, 0.25) is 0 Å². The van der Waals surface area contributed by atoms with Crippen LogP contribution in [0.25, 0.3) is 16.9 Å². The Morgan fingerprint density at radius 3 is 2.55 bits per heavy atom. The number of benzene rings is 3. The highest BCUT2D eigenvalue weighted by atomic mass is 79.9. The van der Waals surface area contributed by atoms with Crippen molar-refractivity contribution in [2.75, 3.05) is 0 Å². The summed E-state index contributed by atoms with van der Waals surface area (Å²) >= 11 is 9.70. The molecule has 3 heterocycles. The third-order valence-electron chi connectivity index (χ3n) is 8.55. The minimum absolute atomic E-state index is 0.0616. The standard InChI is InChI=1S/C35H32BrClN6O4/c1-21-17-42-31(19-41(21)34(45)22-7-14-28(36)29(37)15-22)32(43(35(42)46)24-8-10-25(11-9-24)47-26-12-13-26)33(44)38-16-23-5-3-4-6-27(23)30-18-40(2)20-39-30/h3-11,14-15,18,20-21,26H,12-13,16-17,19H2,1-2H3,(H,38,44)/t21-/m0/s1. The number of ether oxygens (including phenoxy) is 1. The molecule has 7 rings (SSSR count). The predicted molar refractivity (Wildman–Crippen MR) is 182 cm³/mol. The van der Waals surface area contributed by atoms with Crippen LogP contribution < -0.4 is 15.7 Å². The van der Waals surface area contributed by atoms with Crippen LogP contribution >= 0.6 is 27.5 Å². The first kappa shape index (κ1) is 31.0. The summed E-state index contributed by atoms with van der Waals surface area (Å²) in [4.78, 5) is 48.2. The number of nitrogens with zero attached hydrogens (tertiary/aromatic N) is 5. The van der Waals surface area contributed by atoms with E-state index in [1.807, 2.05) is 61.1 Å². The molecule has 47 heavy (non-hydrogen) atoms. The molecule has 0 unspecified atom stereocenters. The Bertz CT molecular complexity index is 2060. The van der Waals surface area contributed by atoms with Gasteiger partial charge >= 0.3 is 5.69 Å². The molecule has 12 heteroatoms. The van der Waals surface area contributed by atoms with E-state index in [1.165, 1.54) is 4.57 Å². The second-order valence-corrected chi connectivity index (χ2v) is 13.3. The van der Waals surface area contributed by atoms with E-state index in [4.69, 9.17) is 16.3 Å². The maximum atomic E-state index is 14.2. The van der Waals surface area contributed by atoms with Crippen molar-refractivity contribution in [3.8, 4) is 22.7 Å². The first-order valence-corrected chi connectivity index (χ1v) is 16.6. The van der Waals surface area contributed by atoms with E-state index in [-0.39, 0.29) is 49.1 Å². The molecular formula is C35H32BrClN6O4. The number of hydrogen-bond acceptors (Lipinski definition) is 5. The van der Waals surface area contributed by atoms with Crippen LogP contribution in [0.5, 0.6) is 5.75 Å². The van der Waals surface area contributed by atoms with Gasteiger partial charge in [0.1, 0.15) is 11.4 Å². The van der Waals surface area contributed by atoms with Crippen molar-refractivity contribution in [2.45, 2.75) is 51.5 Å². The van der Waals surface area contributed by atoms with Gasteiger partial charge in [-0.05, 0) is 83.7 Å². The monoisotopic (exact) mass is 714 g/mol. The second kappa shape index (κ2) is 12.5. The fourth-order valence-corrected chi connectivity index (χ4v) is 6.37. The average Bonchev–Trinajstić information content (AvgIpc) is 3.71. The zero-order chi connectivity index (χ0) is 32.8. The van der Waals surface area contributed by atoms with E-state index in [2.05, 4.69) is 26.2 Å². The van der Waals surface area contributed by atoms with Gasteiger partial charge in [-0.1, -0.05) is 35.9 Å². The molecule has 0 saturated heterocycles. The number of imidazole rings is 2. The molecule has 2 aromatic heterocycles. The molecule has 0 bridgehead atoms. The topological polar surface area (TPSA) is 103 Å². The van der Waals surface area contributed by atoms with Gasteiger partial charge in [0.15, 0.2) is 0 Å². The summed E-state index contributed by atoms with van der Waals surface area (Å²) in [5.41, 5.74) is 3.81. The number of rotatable bonds is 8. The van der Waals surface area contributed by atoms with Gasteiger partial charge in [-0.15, -0.1) is 0 Å². The molecule has 0 radical (unpaired) electrons. The lowest BCUT2D eigenvalue weighted by atomic mass is 10.0. The Morgan fingerprint density at radius 2 is 1.85 bits per heavy atom. The van der Waals surface area contributed by atoms with E-state index in [1.54, 1.807) is 46.1 Å². The Kier molecular flexibility index (Phi) is 8.27. The van der Waals surface area contributed by atoms with Crippen LogP contribution in [0.3, 0.4) is 0 Å². The Labute approximate surface area is 284 Å². The Morgan fingerprint density at radius 1 is 1.09 bits per heavy atom. The lowest BCUT2D eigenvalue weighted by Crippen LogP contribution is -2.47. The van der Waals surface area contributed by atoms with Crippen molar-refractivity contribution in [3.05, 3.63) is 122 Å². The molecule has 1 saturated carbocycles. The van der Waals surface area contributed by atoms with E-state index in [9.17, 15) is 14.4 Å². The first-order valence-electron chi connectivity index (χ1n) is 15.4. The molecule has 1 N–H and O–H groups in total. The zero-order valence-corrected chi connectivity index (χ0v) is 28.2. The van der Waals surface area contributed by atoms with Crippen LogP contribution in [0.4, 0.5) is 0 Å². The second-order valence-electron chi connectivity index (χ2n) is 12.0. The molecule has 5 aromatic rings. The molecule has 2 aliphatic rings. The summed E-state index contributed by atoms with van der Waals surface area (Å²) < 4.78 is 11.5. The van der Waals surface area contributed by atoms with E-state index in [0.29, 0.717) is 32.2 Å². The van der Waals surface area contributed by atoms with E-state index in [0.717, 1.165) is 29.7 Å². The van der Waals surface area contributed by atoms with Crippen LogP contribution in [0.15, 0.2) is 88.5 Å². The smallest absolute Gasteiger partial charge is 0.333 e. The lowest BCUT2D eigenvalue weighted by Gasteiger charge is -2.34. The van der Waals surface area contributed by atoms with Crippen molar-refractivity contribution < 1.29 is 14.3 Å². The van der Waals surface area contributed by atoms with Crippen molar-refractivity contribution in [1.29, 1.82) is 0 Å². The average molecular weight is 716 g/mol. The van der Waals surface area contributed by atoms with Crippen LogP contribution in [0, 0.1) is 0 Å². The van der Waals surface area contributed by atoms with Gasteiger partial charge in [0.05, 0.1) is 41.1 Å². The van der Waals surface area contributed by atoms with Crippen LogP contribution in [-0.4, -0.2) is 47.5 Å². The van der Waals surface area contributed by atoms with Crippen molar-refractivity contribution in [2.24, 2.45) is 7.05 Å². The normalized spacial score (nSPS) is 15.7. The summed E-state index contributed by atoms with van der Waals surface area (Å²) in [5.74, 6) is 0.0400. The number of aryl methyl sites for hydroxylation is 1. The van der Waals surface area contributed by atoms with Gasteiger partial charge in [-0.25, -0.2) is 9.78 Å². The molecule has 10 nitrogen and oxygen atoms in total. The molecular weight excluding hydrogens is 684 g/mol. The fraction of sp³-hybridized carbons (Fsp3) is 0.257. The summed E-state index contributed by atoms with van der Waals surface area (Å²) in [6.45, 7) is 2.38. The van der Waals surface area contributed by atoms with Gasteiger partial charge in [0.25, 0.3) is 11.8 Å². The van der Waals surface area contributed by atoms with Crippen LogP contribution in [-0.2, 0) is 26.7 Å². The Balaban J connectivity index is 1.26. The number of aromatic nitrogens is 4. The van der Waals surface area contributed by atoms with Gasteiger partial charge in [0, 0.05) is 48.0 Å². The van der Waals surface area contributed by atoms with Crippen molar-refractivity contribution >= 4 is 39.3 Å². The molecule has 1 fully saturated rings. The third kappa shape index (κ3) is 6.13. The molecule has 1 aliphatic carbocycles. The highest BCUT2D eigenvalue weighted by Crippen LogP contribution is 2.30. The SMILES string of the molecule is C[C@H]1Cn2c(c(C(=O)NCc3ccccc3-c3cn(C)cn3)n(-c3ccc(OC4CC4)cc3)c2=O)CN1C(=O)c1ccc(Br)c(Cl)c1. The van der Waals surface area contributed by atoms with Crippen LogP contribution in [0.2, 0.25) is 5.02 Å².